The van der Waals surface area contributed by atoms with Crippen LogP contribution in [0.4, 0.5) is 5.82 Å². The van der Waals surface area contributed by atoms with Gasteiger partial charge in [-0.05, 0) is 99.0 Å². The van der Waals surface area contributed by atoms with Crippen LogP contribution < -0.4 is 15.8 Å². The summed E-state index contributed by atoms with van der Waals surface area (Å²) in [5, 5.41) is 7.90. The van der Waals surface area contributed by atoms with Crippen molar-refractivity contribution in [2.75, 3.05) is 58.5 Å². The Bertz CT molecular complexity index is 2550. The van der Waals surface area contributed by atoms with Gasteiger partial charge in [-0.15, -0.1) is 0 Å². The summed E-state index contributed by atoms with van der Waals surface area (Å²) >= 11 is 0. The minimum atomic E-state index is -0.995. The van der Waals surface area contributed by atoms with Crippen LogP contribution >= 0.6 is 0 Å². The van der Waals surface area contributed by atoms with Crippen molar-refractivity contribution in [2.24, 2.45) is 0 Å². The Hall–Kier alpha value is -6.82. The van der Waals surface area contributed by atoms with Gasteiger partial charge in [0.05, 0.1) is 49.0 Å². The molecule has 2 aromatic heterocycles. The molecule has 5 amide bonds. The maximum Gasteiger partial charge on any atom is 0.262 e. The minimum Gasteiger partial charge on any atom is -0.457 e. The number of para-hydroxylation sites is 1. The summed E-state index contributed by atoms with van der Waals surface area (Å²) in [7, 11) is 0. The molecule has 8 rings (SSSR count). The summed E-state index contributed by atoms with van der Waals surface area (Å²) in [5.74, 6) is -0.307. The average molecular weight is 885 g/mol. The van der Waals surface area contributed by atoms with Gasteiger partial charge in [0.2, 0.25) is 17.7 Å². The van der Waals surface area contributed by atoms with Crippen LogP contribution in [0.3, 0.4) is 0 Å². The van der Waals surface area contributed by atoms with Crippen molar-refractivity contribution in [1.82, 2.24) is 34.9 Å². The fourth-order valence-electron chi connectivity index (χ4n) is 8.40. The maximum absolute atomic E-state index is 13.3. The Kier molecular flexibility index (Phi) is 14.6. The molecule has 17 nitrogen and oxygen atoms in total. The summed E-state index contributed by atoms with van der Waals surface area (Å²) in [6.07, 6.45) is 9.43. The molecule has 0 spiro atoms. The van der Waals surface area contributed by atoms with Crippen LogP contribution in [-0.2, 0) is 35.0 Å². The highest BCUT2D eigenvalue weighted by atomic mass is 16.5. The van der Waals surface area contributed by atoms with E-state index in [0.29, 0.717) is 106 Å². The van der Waals surface area contributed by atoms with Crippen LogP contribution in [-0.4, -0.2) is 118 Å². The second-order valence-corrected chi connectivity index (χ2v) is 16.0. The smallest absolute Gasteiger partial charge is 0.262 e. The van der Waals surface area contributed by atoms with E-state index in [-0.39, 0.29) is 30.4 Å². The fraction of sp³-hybridized carbons (Fsp3) is 0.375. The van der Waals surface area contributed by atoms with Crippen LogP contribution in [0.5, 0.6) is 11.5 Å². The Balaban J connectivity index is 0.700. The summed E-state index contributed by atoms with van der Waals surface area (Å²) in [6, 6.07) is 21.3. The second-order valence-electron chi connectivity index (χ2n) is 16.0. The number of nitrogens with one attached hydrogen (secondary N) is 1. The topological polar surface area (TPSA) is 210 Å². The van der Waals surface area contributed by atoms with Crippen LogP contribution in [0.15, 0.2) is 91.3 Å². The van der Waals surface area contributed by atoms with Crippen molar-refractivity contribution < 1.29 is 42.9 Å². The molecule has 3 aromatic carbocycles. The van der Waals surface area contributed by atoms with E-state index in [1.165, 1.54) is 6.33 Å². The molecule has 0 saturated carbocycles. The van der Waals surface area contributed by atoms with Gasteiger partial charge in [-0.3, -0.25) is 34.2 Å². The van der Waals surface area contributed by atoms with Crippen molar-refractivity contribution in [3.8, 4) is 22.8 Å². The molecule has 0 aliphatic carbocycles. The number of carbonyl (C=O) groups excluding carboxylic acids is 5. The molecular weight excluding hydrogens is 833 g/mol. The van der Waals surface area contributed by atoms with E-state index in [4.69, 9.17) is 29.8 Å². The lowest BCUT2D eigenvalue weighted by atomic mass is 9.99. The number of carbonyl (C=O) groups is 5. The van der Waals surface area contributed by atoms with E-state index >= 15 is 0 Å². The second kappa shape index (κ2) is 21.2. The van der Waals surface area contributed by atoms with E-state index in [9.17, 15) is 24.0 Å². The zero-order valence-electron chi connectivity index (χ0n) is 36.1. The molecule has 2 unspecified atom stereocenters. The predicted octanol–water partition coefficient (Wildman–Crippen LogP) is 5.45. The first-order valence-corrected chi connectivity index (χ1v) is 22.1. The van der Waals surface area contributed by atoms with Gasteiger partial charge in [-0.25, -0.2) is 14.6 Å². The predicted molar refractivity (Wildman–Crippen MR) is 239 cm³/mol. The number of aromatic nitrogens is 4. The largest absolute Gasteiger partial charge is 0.457 e. The van der Waals surface area contributed by atoms with Gasteiger partial charge in [0.1, 0.15) is 35.4 Å². The molecular formula is C48H52N8O9. The summed E-state index contributed by atoms with van der Waals surface area (Å²) < 4.78 is 24.9. The normalized spacial score (nSPS) is 17.6. The molecule has 3 aliphatic heterocycles. The number of nitrogens with zero attached hydrogens (tertiary/aromatic N) is 6. The number of nitrogen functional groups attached to an aromatic ring is 1. The molecule has 5 heterocycles. The lowest BCUT2D eigenvalue weighted by molar-refractivity contribution is -0.136. The molecule has 2 fully saturated rings. The standard InChI is InChI=1S/C48H52N8O9/c49-44-42-43(33-17-19-36(20-18-33)65-35-13-3-1-4-14-35)53-56(45(42)51-31-50-44)34-12-8-23-54(30-34)40(58)16-5-2-6-24-62-26-28-64-29-27-63-25-9-11-32-10-7-15-37-41(32)48(61)55(47(37)60)38-21-22-39(57)52-46(38)59/h1,3-5,7,10,13-20,31,34,38H,2,6,8-9,11-12,21-30H2,(H2,49,50,51)(H,52,57,59)/b16-5+. The maximum atomic E-state index is 13.3. The number of aryl methyl sites for hydroxylation is 1. The van der Waals surface area contributed by atoms with E-state index in [1.807, 2.05) is 70.3 Å². The number of imide groups is 2. The number of benzene rings is 3. The highest BCUT2D eigenvalue weighted by Crippen LogP contribution is 2.35. The van der Waals surface area contributed by atoms with Crippen LogP contribution in [0.2, 0.25) is 0 Å². The van der Waals surface area contributed by atoms with E-state index in [1.54, 1.807) is 24.3 Å². The van der Waals surface area contributed by atoms with Crippen molar-refractivity contribution in [3.05, 3.63) is 108 Å². The van der Waals surface area contributed by atoms with Gasteiger partial charge in [0.25, 0.3) is 11.8 Å². The van der Waals surface area contributed by atoms with E-state index < -0.39 is 29.7 Å². The molecule has 65 heavy (non-hydrogen) atoms. The van der Waals surface area contributed by atoms with Crippen LogP contribution in [0, 0.1) is 0 Å². The van der Waals surface area contributed by atoms with Crippen molar-refractivity contribution >= 4 is 46.4 Å². The molecule has 3 N–H and O–H groups in total. The molecule has 3 aliphatic rings. The number of allylic oxidation sites excluding steroid dienone is 1. The highest BCUT2D eigenvalue weighted by Gasteiger charge is 2.45. The van der Waals surface area contributed by atoms with Gasteiger partial charge in [0, 0.05) is 38.3 Å². The Morgan fingerprint density at radius 2 is 1.55 bits per heavy atom. The molecule has 0 radical (unpaired) electrons. The van der Waals surface area contributed by atoms with Gasteiger partial charge >= 0.3 is 0 Å². The molecule has 5 aromatic rings. The first kappa shape index (κ1) is 44.8. The van der Waals surface area contributed by atoms with Crippen LogP contribution in [0.25, 0.3) is 22.3 Å². The van der Waals surface area contributed by atoms with Gasteiger partial charge in [0.15, 0.2) is 5.65 Å². The average Bonchev–Trinajstić information content (AvgIpc) is 3.83. The number of hydrogen-bond acceptors (Lipinski definition) is 13. The number of ether oxygens (including phenoxy) is 4. The fourth-order valence-corrected chi connectivity index (χ4v) is 8.40. The minimum absolute atomic E-state index is 0.0420. The lowest BCUT2D eigenvalue weighted by Gasteiger charge is -2.32. The van der Waals surface area contributed by atoms with Gasteiger partial charge in [-0.1, -0.05) is 36.4 Å². The number of hydrogen-bond donors (Lipinski definition) is 2. The van der Waals surface area contributed by atoms with Crippen molar-refractivity contribution in [2.45, 2.75) is 63.5 Å². The lowest BCUT2D eigenvalue weighted by Crippen LogP contribution is -2.54. The zero-order chi connectivity index (χ0) is 45.1. The molecule has 17 heteroatoms. The zero-order valence-corrected chi connectivity index (χ0v) is 36.1. The first-order chi connectivity index (χ1) is 31.8. The Morgan fingerprint density at radius 1 is 0.815 bits per heavy atom. The number of anilines is 1. The quantitative estimate of drug-likeness (QED) is 0.0567. The SMILES string of the molecule is Nc1ncnc2c1c(-c1ccc(Oc3ccccc3)cc1)nn2C1CCCN(C(=O)/C=C/CCCOCCOCCOCCCc2cccc3c2C(=O)N(C2CCC(=O)NC2=O)C3=O)C1. The number of likely N-dealkylation sites (tertiary alicyclic amines) is 1. The summed E-state index contributed by atoms with van der Waals surface area (Å²) in [5.41, 5.74) is 9.87. The van der Waals surface area contributed by atoms with Crippen molar-refractivity contribution in [1.29, 1.82) is 0 Å². The van der Waals surface area contributed by atoms with E-state index in [2.05, 4.69) is 15.3 Å². The van der Waals surface area contributed by atoms with Gasteiger partial charge in [-0.2, -0.15) is 5.10 Å². The number of unbranched alkanes of at least 4 members (excludes halogenated alkanes) is 1. The van der Waals surface area contributed by atoms with Crippen LogP contribution in [0.1, 0.15) is 77.3 Å². The van der Waals surface area contributed by atoms with Crippen molar-refractivity contribution in [3.63, 3.8) is 0 Å². The monoisotopic (exact) mass is 884 g/mol. The highest BCUT2D eigenvalue weighted by molar-refractivity contribution is 6.24. The molecule has 0 bridgehead atoms. The number of nitrogens with two attached hydrogens (primary N) is 1. The summed E-state index contributed by atoms with van der Waals surface area (Å²) in [4.78, 5) is 75.2. The summed E-state index contributed by atoms with van der Waals surface area (Å²) in [6.45, 7) is 3.79. The Morgan fingerprint density at radius 3 is 2.32 bits per heavy atom. The third-order valence-electron chi connectivity index (χ3n) is 11.6. The third-order valence-corrected chi connectivity index (χ3v) is 11.6. The number of amides is 5. The molecule has 2 atom stereocenters. The number of rotatable bonds is 20. The molecule has 2 saturated heterocycles. The van der Waals surface area contributed by atoms with E-state index in [0.717, 1.165) is 41.0 Å². The molecule has 338 valence electrons. The third kappa shape index (κ3) is 10.6. The Labute approximate surface area is 375 Å². The number of fused-ring (bicyclic) bond motifs is 2. The van der Waals surface area contributed by atoms with Gasteiger partial charge < -0.3 is 29.6 Å². The first-order valence-electron chi connectivity index (χ1n) is 22.1. The number of piperidine rings is 2.